The first kappa shape index (κ1) is 15.5. The topological polar surface area (TPSA) is 44.0 Å². The molecule has 0 aromatic carbocycles. The van der Waals surface area contributed by atoms with Gasteiger partial charge in [0.25, 0.3) is 5.56 Å². The smallest absolute Gasteiger partial charge is 0.303 e. The summed E-state index contributed by atoms with van der Waals surface area (Å²) in [5, 5.41) is 0. The van der Waals surface area contributed by atoms with Crippen LogP contribution in [0.15, 0.2) is 21.9 Å². The molecular formula is C15H24N2O2. The predicted octanol–water partition coefficient (Wildman–Crippen LogP) is 2.69. The fraction of sp³-hybridized carbons (Fsp3) is 0.600. The normalized spacial score (nSPS) is 11.3. The maximum Gasteiger partial charge on any atom is 0.334 e. The number of hydrogen-bond donors (Lipinski definition) is 0. The lowest BCUT2D eigenvalue weighted by atomic mass is 10.1. The summed E-state index contributed by atoms with van der Waals surface area (Å²) >= 11 is 0. The Morgan fingerprint density at radius 1 is 1.16 bits per heavy atom. The zero-order valence-corrected chi connectivity index (χ0v) is 12.2. The van der Waals surface area contributed by atoms with Gasteiger partial charge in [0, 0.05) is 25.0 Å². The van der Waals surface area contributed by atoms with Crippen molar-refractivity contribution in [3.05, 3.63) is 38.7 Å². The highest BCUT2D eigenvalue weighted by Crippen LogP contribution is 2.05. The number of aromatic nitrogens is 2. The summed E-state index contributed by atoms with van der Waals surface area (Å²) in [6.07, 6.45) is 12.1. The van der Waals surface area contributed by atoms with Gasteiger partial charge in [0.2, 0.25) is 0 Å². The second kappa shape index (κ2) is 7.77. The molecule has 1 rings (SSSR count). The molecule has 0 saturated carbocycles. The van der Waals surface area contributed by atoms with Crippen LogP contribution < -0.4 is 11.2 Å². The third kappa shape index (κ3) is 4.54. The van der Waals surface area contributed by atoms with Crippen LogP contribution in [0, 0.1) is 6.92 Å². The monoisotopic (exact) mass is 264 g/mol. The van der Waals surface area contributed by atoms with Gasteiger partial charge in [-0.15, -0.1) is 0 Å². The van der Waals surface area contributed by atoms with Gasteiger partial charge >= 0.3 is 5.69 Å². The number of rotatable bonds is 7. The third-order valence-corrected chi connectivity index (χ3v) is 3.18. The molecule has 0 fully saturated rings. The second-order valence-electron chi connectivity index (χ2n) is 4.97. The fourth-order valence-electron chi connectivity index (χ4n) is 2.02. The molecule has 4 heteroatoms. The SMILES string of the molecule is CCCCCCCC=Cn1c(=O)c(C)cn(C)c1=O. The summed E-state index contributed by atoms with van der Waals surface area (Å²) in [6, 6.07) is 0. The summed E-state index contributed by atoms with van der Waals surface area (Å²) < 4.78 is 2.61. The van der Waals surface area contributed by atoms with Gasteiger partial charge in [0.05, 0.1) is 0 Å². The van der Waals surface area contributed by atoms with E-state index in [0.717, 1.165) is 12.8 Å². The number of aryl methyl sites for hydroxylation is 2. The molecule has 0 aliphatic rings. The van der Waals surface area contributed by atoms with E-state index in [1.54, 1.807) is 26.4 Å². The van der Waals surface area contributed by atoms with Crippen molar-refractivity contribution in [2.75, 3.05) is 0 Å². The molecule has 0 bridgehead atoms. The molecule has 0 radical (unpaired) electrons. The van der Waals surface area contributed by atoms with Crippen molar-refractivity contribution in [3.8, 4) is 0 Å². The molecule has 1 heterocycles. The largest absolute Gasteiger partial charge is 0.334 e. The zero-order chi connectivity index (χ0) is 14.3. The Kier molecular flexibility index (Phi) is 6.33. The maximum absolute atomic E-state index is 11.8. The fourth-order valence-corrected chi connectivity index (χ4v) is 2.02. The average Bonchev–Trinajstić information content (AvgIpc) is 2.39. The van der Waals surface area contributed by atoms with Gasteiger partial charge in [0.1, 0.15) is 0 Å². The van der Waals surface area contributed by atoms with Gasteiger partial charge < -0.3 is 4.57 Å². The van der Waals surface area contributed by atoms with Crippen molar-refractivity contribution in [1.29, 1.82) is 0 Å². The van der Waals surface area contributed by atoms with Gasteiger partial charge in [-0.3, -0.25) is 4.79 Å². The molecule has 0 amide bonds. The molecule has 0 saturated heterocycles. The van der Waals surface area contributed by atoms with Crippen LogP contribution >= 0.6 is 0 Å². The first-order valence-corrected chi connectivity index (χ1v) is 7.03. The molecule has 106 valence electrons. The Morgan fingerprint density at radius 3 is 2.53 bits per heavy atom. The van der Waals surface area contributed by atoms with E-state index in [1.165, 1.54) is 34.8 Å². The van der Waals surface area contributed by atoms with Gasteiger partial charge in [-0.05, 0) is 19.8 Å². The van der Waals surface area contributed by atoms with Crippen molar-refractivity contribution in [3.63, 3.8) is 0 Å². The quantitative estimate of drug-likeness (QED) is 0.711. The van der Waals surface area contributed by atoms with Crippen molar-refractivity contribution in [2.24, 2.45) is 7.05 Å². The first-order valence-electron chi connectivity index (χ1n) is 7.03. The highest BCUT2D eigenvalue weighted by Gasteiger charge is 2.03. The Bertz CT molecular complexity index is 504. The van der Waals surface area contributed by atoms with Crippen LogP contribution in [0.3, 0.4) is 0 Å². The number of unbranched alkanes of at least 4 members (excludes halogenated alkanes) is 5. The van der Waals surface area contributed by atoms with E-state index in [0.29, 0.717) is 5.56 Å². The molecule has 1 aromatic heterocycles. The van der Waals surface area contributed by atoms with Gasteiger partial charge in [0.15, 0.2) is 0 Å². The van der Waals surface area contributed by atoms with Crippen LogP contribution in [-0.4, -0.2) is 9.13 Å². The first-order chi connectivity index (χ1) is 9.07. The molecular weight excluding hydrogens is 240 g/mol. The zero-order valence-electron chi connectivity index (χ0n) is 12.2. The summed E-state index contributed by atoms with van der Waals surface area (Å²) in [5.74, 6) is 0. The van der Waals surface area contributed by atoms with E-state index in [9.17, 15) is 9.59 Å². The molecule has 19 heavy (non-hydrogen) atoms. The lowest BCUT2D eigenvalue weighted by Gasteiger charge is -2.03. The minimum absolute atomic E-state index is 0.231. The summed E-state index contributed by atoms with van der Waals surface area (Å²) in [6.45, 7) is 3.91. The Balaban J connectivity index is 2.63. The van der Waals surface area contributed by atoms with Crippen LogP contribution in [0.5, 0.6) is 0 Å². The van der Waals surface area contributed by atoms with E-state index in [-0.39, 0.29) is 11.2 Å². The van der Waals surface area contributed by atoms with Crippen LogP contribution in [0.4, 0.5) is 0 Å². The minimum atomic E-state index is -0.294. The number of hydrogen-bond acceptors (Lipinski definition) is 2. The highest BCUT2D eigenvalue weighted by atomic mass is 16.2. The summed E-state index contributed by atoms with van der Waals surface area (Å²) in [4.78, 5) is 23.7. The molecule has 0 N–H and O–H groups in total. The highest BCUT2D eigenvalue weighted by molar-refractivity contribution is 5.23. The van der Waals surface area contributed by atoms with Crippen LogP contribution in [0.1, 0.15) is 51.0 Å². The summed E-state index contributed by atoms with van der Waals surface area (Å²) in [7, 11) is 1.66. The lowest BCUT2D eigenvalue weighted by molar-refractivity contribution is 0.637. The Labute approximate surface area is 114 Å². The predicted molar refractivity (Wildman–Crippen MR) is 79.4 cm³/mol. The van der Waals surface area contributed by atoms with Gasteiger partial charge in [-0.2, -0.15) is 0 Å². The minimum Gasteiger partial charge on any atom is -0.303 e. The molecule has 0 atom stereocenters. The molecule has 0 unspecified atom stereocenters. The Hall–Kier alpha value is -1.58. The number of nitrogens with zero attached hydrogens (tertiary/aromatic N) is 2. The average molecular weight is 264 g/mol. The third-order valence-electron chi connectivity index (χ3n) is 3.18. The molecule has 0 spiro atoms. The van der Waals surface area contributed by atoms with E-state index in [4.69, 9.17) is 0 Å². The molecule has 0 aliphatic carbocycles. The lowest BCUT2D eigenvalue weighted by Crippen LogP contribution is -2.36. The Morgan fingerprint density at radius 2 is 1.84 bits per heavy atom. The maximum atomic E-state index is 11.8. The second-order valence-corrected chi connectivity index (χ2v) is 4.97. The van der Waals surface area contributed by atoms with E-state index >= 15 is 0 Å². The van der Waals surface area contributed by atoms with Crippen LogP contribution in [0.25, 0.3) is 6.20 Å². The molecule has 0 aliphatic heterocycles. The van der Waals surface area contributed by atoms with Crippen molar-refractivity contribution >= 4 is 6.20 Å². The summed E-state index contributed by atoms with van der Waals surface area (Å²) in [5.41, 5.74) is 0.0536. The van der Waals surface area contributed by atoms with Crippen LogP contribution in [-0.2, 0) is 7.05 Å². The standard InChI is InChI=1S/C15H24N2O2/c1-4-5-6-7-8-9-10-11-17-14(18)13(2)12-16(3)15(17)19/h10-12H,4-9H2,1-3H3. The van der Waals surface area contributed by atoms with Crippen molar-refractivity contribution in [1.82, 2.24) is 9.13 Å². The number of allylic oxidation sites excluding steroid dienone is 1. The van der Waals surface area contributed by atoms with Crippen molar-refractivity contribution in [2.45, 2.75) is 52.4 Å². The van der Waals surface area contributed by atoms with Crippen LogP contribution in [0.2, 0.25) is 0 Å². The van der Waals surface area contributed by atoms with Crippen molar-refractivity contribution < 1.29 is 0 Å². The molecule has 1 aromatic rings. The van der Waals surface area contributed by atoms with E-state index in [1.807, 2.05) is 6.08 Å². The van der Waals surface area contributed by atoms with Gasteiger partial charge in [-0.25, -0.2) is 9.36 Å². The van der Waals surface area contributed by atoms with E-state index < -0.39 is 0 Å². The van der Waals surface area contributed by atoms with Gasteiger partial charge in [-0.1, -0.05) is 38.7 Å². The van der Waals surface area contributed by atoms with E-state index in [2.05, 4.69) is 6.92 Å². The molecule has 4 nitrogen and oxygen atoms in total.